The highest BCUT2D eigenvalue weighted by molar-refractivity contribution is 7.22. The minimum absolute atomic E-state index is 0.123. The van der Waals surface area contributed by atoms with E-state index in [4.69, 9.17) is 4.74 Å². The Morgan fingerprint density at radius 2 is 1.86 bits per heavy atom. The van der Waals surface area contributed by atoms with Crippen molar-refractivity contribution in [3.8, 4) is 5.75 Å². The van der Waals surface area contributed by atoms with Crippen LogP contribution in [0.15, 0.2) is 66.2 Å². The van der Waals surface area contributed by atoms with Crippen LogP contribution < -0.4 is 9.64 Å². The summed E-state index contributed by atoms with van der Waals surface area (Å²) in [7, 11) is 0. The number of nitrogens with zero attached hydrogens (tertiary/aromatic N) is 2. The van der Waals surface area contributed by atoms with Crippen LogP contribution >= 0.6 is 11.3 Å². The lowest BCUT2D eigenvalue weighted by Crippen LogP contribution is -2.29. The van der Waals surface area contributed by atoms with Crippen LogP contribution in [0.2, 0.25) is 0 Å². The number of halogens is 1. The third-order valence-corrected chi connectivity index (χ3v) is 7.07. The molecule has 182 valence electrons. The third-order valence-electron chi connectivity index (χ3n) is 6.07. The van der Waals surface area contributed by atoms with Gasteiger partial charge in [0.2, 0.25) is 0 Å². The third kappa shape index (κ3) is 4.03. The van der Waals surface area contributed by atoms with Gasteiger partial charge < -0.3 is 9.84 Å². The Balaban J connectivity index is 1.70. The fraction of sp³-hybridized carbons (Fsp3) is 0.179. The normalized spacial score (nSPS) is 17.2. The first-order valence-electron chi connectivity index (χ1n) is 11.5. The maximum atomic E-state index is 14.3. The fourth-order valence-corrected chi connectivity index (χ4v) is 5.68. The van der Waals surface area contributed by atoms with Gasteiger partial charge in [-0.15, -0.1) is 0 Å². The highest BCUT2D eigenvalue weighted by Crippen LogP contribution is 2.44. The van der Waals surface area contributed by atoms with E-state index in [1.165, 1.54) is 34.4 Å². The molecule has 0 aliphatic carbocycles. The largest absolute Gasteiger partial charge is 0.507 e. The van der Waals surface area contributed by atoms with Crippen LogP contribution in [-0.2, 0) is 9.59 Å². The van der Waals surface area contributed by atoms with Crippen LogP contribution in [0.3, 0.4) is 0 Å². The zero-order valence-corrected chi connectivity index (χ0v) is 20.7. The summed E-state index contributed by atoms with van der Waals surface area (Å²) in [6.45, 7) is 6.25. The van der Waals surface area contributed by atoms with E-state index in [9.17, 15) is 19.1 Å². The van der Waals surface area contributed by atoms with E-state index in [1.54, 1.807) is 30.3 Å². The minimum Gasteiger partial charge on any atom is -0.507 e. The molecule has 8 heteroatoms. The molecule has 6 nitrogen and oxygen atoms in total. The summed E-state index contributed by atoms with van der Waals surface area (Å²) in [4.78, 5) is 32.6. The molecular formula is C28H23FN2O4S. The van der Waals surface area contributed by atoms with Crippen LogP contribution in [0.1, 0.15) is 35.2 Å². The van der Waals surface area contributed by atoms with Crippen molar-refractivity contribution in [2.45, 2.75) is 26.8 Å². The number of aryl methyl sites for hydroxylation is 2. The molecule has 1 aliphatic heterocycles. The van der Waals surface area contributed by atoms with Crippen LogP contribution in [0.4, 0.5) is 9.52 Å². The summed E-state index contributed by atoms with van der Waals surface area (Å²) >= 11 is 1.28. The van der Waals surface area contributed by atoms with Gasteiger partial charge in [0, 0.05) is 5.56 Å². The molecule has 0 bridgehead atoms. The van der Waals surface area contributed by atoms with E-state index in [1.807, 2.05) is 32.9 Å². The maximum Gasteiger partial charge on any atom is 0.301 e. The molecule has 1 aliphatic rings. The molecule has 1 atom stereocenters. The highest BCUT2D eigenvalue weighted by atomic mass is 32.1. The number of aliphatic hydroxyl groups excluding tert-OH is 1. The molecule has 0 spiro atoms. The summed E-state index contributed by atoms with van der Waals surface area (Å²) in [5, 5.41) is 11.5. The Morgan fingerprint density at radius 3 is 2.56 bits per heavy atom. The lowest BCUT2D eigenvalue weighted by Gasteiger charge is -2.23. The predicted molar refractivity (Wildman–Crippen MR) is 138 cm³/mol. The Labute approximate surface area is 211 Å². The number of ketones is 1. The molecule has 1 amide bonds. The van der Waals surface area contributed by atoms with Gasteiger partial charge >= 0.3 is 5.91 Å². The number of fused-ring (bicyclic) bond motifs is 1. The lowest BCUT2D eigenvalue weighted by molar-refractivity contribution is -0.132. The molecule has 1 aromatic heterocycles. The number of amides is 1. The monoisotopic (exact) mass is 502 g/mol. The van der Waals surface area contributed by atoms with Crippen LogP contribution in [-0.4, -0.2) is 28.4 Å². The number of carbonyl (C=O) groups excluding carboxylic acids is 2. The zero-order chi connectivity index (χ0) is 25.6. The second-order valence-corrected chi connectivity index (χ2v) is 9.62. The molecule has 4 aromatic rings. The minimum atomic E-state index is -1.05. The zero-order valence-electron chi connectivity index (χ0n) is 19.9. The van der Waals surface area contributed by atoms with Gasteiger partial charge in [0.15, 0.2) is 5.13 Å². The quantitative estimate of drug-likeness (QED) is 0.203. The molecule has 3 aromatic carbocycles. The number of hydrogen-bond donors (Lipinski definition) is 1. The summed E-state index contributed by atoms with van der Waals surface area (Å²) in [5.74, 6) is -1.94. The van der Waals surface area contributed by atoms with Gasteiger partial charge in [-0.25, -0.2) is 9.37 Å². The van der Waals surface area contributed by atoms with Gasteiger partial charge in [0.05, 0.1) is 28.4 Å². The number of rotatable bonds is 5. The standard InChI is InChI=1S/C28H23FN2O4S/c1-4-35-20-10-8-17(9-11-20)25(32)22-24(18-6-5-7-19(29)14-18)31(27(34)26(22)33)28-30-23-16(3)12-15(2)13-21(23)36-28/h5-14,24,32H,4H2,1-3H3/b25-22+/t24-/m0/s1. The first-order chi connectivity index (χ1) is 17.3. The van der Waals surface area contributed by atoms with Crippen molar-refractivity contribution in [1.29, 1.82) is 0 Å². The molecule has 0 unspecified atom stereocenters. The number of thiazole rings is 1. The molecule has 36 heavy (non-hydrogen) atoms. The first kappa shape index (κ1) is 23.7. The van der Waals surface area contributed by atoms with Crippen LogP contribution in [0.5, 0.6) is 5.75 Å². The molecule has 5 rings (SSSR count). The molecule has 0 radical (unpaired) electrons. The number of Topliss-reactive ketones (excluding diaryl/α,β-unsaturated/α-hetero) is 1. The molecule has 1 saturated heterocycles. The number of benzene rings is 3. The SMILES string of the molecule is CCOc1ccc(/C(O)=C2\C(=O)C(=O)N(c3nc4c(C)cc(C)cc4s3)[C@H]2c2cccc(F)c2)cc1. The van der Waals surface area contributed by atoms with E-state index in [0.29, 0.717) is 28.6 Å². The Bertz CT molecular complexity index is 1540. The Morgan fingerprint density at radius 1 is 1.11 bits per heavy atom. The fourth-order valence-electron chi connectivity index (χ4n) is 4.52. The number of hydrogen-bond acceptors (Lipinski definition) is 6. The van der Waals surface area contributed by atoms with Crippen LogP contribution in [0, 0.1) is 19.7 Å². The van der Waals surface area contributed by atoms with Crippen molar-refractivity contribution in [1.82, 2.24) is 4.98 Å². The number of ether oxygens (including phenoxy) is 1. The lowest BCUT2D eigenvalue weighted by atomic mass is 9.95. The average molecular weight is 503 g/mol. The van der Waals surface area contributed by atoms with Crippen molar-refractivity contribution < 1.29 is 23.8 Å². The van der Waals surface area contributed by atoms with Crippen molar-refractivity contribution in [2.24, 2.45) is 0 Å². The number of anilines is 1. The summed E-state index contributed by atoms with van der Waals surface area (Å²) in [6, 6.07) is 15.2. The topological polar surface area (TPSA) is 79.7 Å². The van der Waals surface area contributed by atoms with E-state index in [-0.39, 0.29) is 11.3 Å². The number of aromatic nitrogens is 1. The van der Waals surface area contributed by atoms with Crippen molar-refractivity contribution in [2.75, 3.05) is 11.5 Å². The Kier molecular flexibility index (Phi) is 6.05. The average Bonchev–Trinajstić information content (AvgIpc) is 3.38. The maximum absolute atomic E-state index is 14.3. The van der Waals surface area contributed by atoms with Gasteiger partial charge in [-0.3, -0.25) is 14.5 Å². The number of aliphatic hydroxyl groups is 1. The van der Waals surface area contributed by atoms with Gasteiger partial charge in [-0.2, -0.15) is 0 Å². The summed E-state index contributed by atoms with van der Waals surface area (Å²) in [5.41, 5.74) is 3.30. The summed E-state index contributed by atoms with van der Waals surface area (Å²) < 4.78 is 20.6. The van der Waals surface area contributed by atoms with Gasteiger partial charge in [-0.05, 0) is 79.9 Å². The predicted octanol–water partition coefficient (Wildman–Crippen LogP) is 6.08. The van der Waals surface area contributed by atoms with Gasteiger partial charge in [0.1, 0.15) is 17.3 Å². The van der Waals surface area contributed by atoms with Gasteiger partial charge in [0.25, 0.3) is 5.78 Å². The Hall–Kier alpha value is -4.04. The second-order valence-electron chi connectivity index (χ2n) is 8.61. The second kappa shape index (κ2) is 9.20. The molecule has 2 heterocycles. The highest BCUT2D eigenvalue weighted by Gasteiger charge is 2.48. The van der Waals surface area contributed by atoms with Crippen molar-refractivity contribution >= 4 is 44.1 Å². The molecule has 1 N–H and O–H groups in total. The van der Waals surface area contributed by atoms with Gasteiger partial charge in [-0.1, -0.05) is 29.5 Å². The van der Waals surface area contributed by atoms with Crippen molar-refractivity contribution in [3.63, 3.8) is 0 Å². The van der Waals surface area contributed by atoms with E-state index < -0.39 is 23.5 Å². The first-order valence-corrected chi connectivity index (χ1v) is 12.3. The van der Waals surface area contributed by atoms with E-state index in [2.05, 4.69) is 4.98 Å². The van der Waals surface area contributed by atoms with Crippen molar-refractivity contribution in [3.05, 3.63) is 94.3 Å². The smallest absolute Gasteiger partial charge is 0.301 e. The molecule has 0 saturated carbocycles. The molecular weight excluding hydrogens is 479 g/mol. The van der Waals surface area contributed by atoms with E-state index in [0.717, 1.165) is 21.3 Å². The van der Waals surface area contributed by atoms with E-state index >= 15 is 0 Å². The molecule has 1 fully saturated rings. The summed E-state index contributed by atoms with van der Waals surface area (Å²) in [6.07, 6.45) is 0. The number of carbonyl (C=O) groups is 2. The van der Waals surface area contributed by atoms with Crippen LogP contribution in [0.25, 0.3) is 16.0 Å².